The van der Waals surface area contributed by atoms with E-state index in [2.05, 4.69) is 4.98 Å². The van der Waals surface area contributed by atoms with Gasteiger partial charge in [-0.2, -0.15) is 0 Å². The molecular weight excluding hydrogens is 364 g/mol. The lowest BCUT2D eigenvalue weighted by Gasteiger charge is -2.18. The van der Waals surface area contributed by atoms with Crippen molar-refractivity contribution in [3.63, 3.8) is 0 Å². The van der Waals surface area contributed by atoms with Crippen molar-refractivity contribution in [2.24, 2.45) is 0 Å². The number of aryl methyl sites for hydroxylation is 2. The number of nitrogens with zero attached hydrogens (tertiary/aromatic N) is 1. The maximum absolute atomic E-state index is 12.6. The van der Waals surface area contributed by atoms with Crippen LogP contribution in [0.4, 0.5) is 0 Å². The predicted molar refractivity (Wildman–Crippen MR) is 117 cm³/mol. The number of ether oxygens (including phenoxy) is 1. The molecule has 29 heavy (non-hydrogen) atoms. The SMILES string of the molecule is Cc1cc(C)cc(Oc2c(C(C)C)c(=O)[nH]c(=O)n2CC=Cc2ccccc2)c1. The van der Waals surface area contributed by atoms with Crippen molar-refractivity contribution < 1.29 is 4.74 Å². The van der Waals surface area contributed by atoms with Gasteiger partial charge in [-0.15, -0.1) is 0 Å². The van der Waals surface area contributed by atoms with Gasteiger partial charge in [0.05, 0.1) is 5.56 Å². The van der Waals surface area contributed by atoms with E-state index in [0.717, 1.165) is 16.7 Å². The third-order valence-corrected chi connectivity index (χ3v) is 4.57. The van der Waals surface area contributed by atoms with E-state index in [1.807, 2.05) is 88.4 Å². The van der Waals surface area contributed by atoms with Gasteiger partial charge < -0.3 is 4.74 Å². The average molecular weight is 390 g/mol. The third-order valence-electron chi connectivity index (χ3n) is 4.57. The predicted octanol–water partition coefficient (Wildman–Crippen LogP) is 4.78. The van der Waals surface area contributed by atoms with Crippen LogP contribution in [0.1, 0.15) is 42.0 Å². The summed E-state index contributed by atoms with van der Waals surface area (Å²) in [7, 11) is 0. The molecule has 2 aromatic carbocycles. The Bertz CT molecular complexity index is 1120. The smallest absolute Gasteiger partial charge is 0.331 e. The molecule has 0 aliphatic heterocycles. The Balaban J connectivity index is 2.06. The molecule has 1 aromatic heterocycles. The summed E-state index contributed by atoms with van der Waals surface area (Å²) in [6.45, 7) is 8.07. The monoisotopic (exact) mass is 390 g/mol. The molecule has 0 unspecified atom stereocenters. The van der Waals surface area contributed by atoms with Gasteiger partial charge in [-0.1, -0.05) is 62.4 Å². The molecule has 0 saturated heterocycles. The van der Waals surface area contributed by atoms with Gasteiger partial charge in [-0.05, 0) is 48.6 Å². The number of hydrogen-bond donors (Lipinski definition) is 1. The third kappa shape index (κ3) is 4.93. The highest BCUT2D eigenvalue weighted by molar-refractivity contribution is 5.48. The van der Waals surface area contributed by atoms with Crippen LogP contribution in [0, 0.1) is 13.8 Å². The van der Waals surface area contributed by atoms with E-state index >= 15 is 0 Å². The maximum Gasteiger partial charge on any atom is 0.331 e. The van der Waals surface area contributed by atoms with Crippen molar-refractivity contribution in [1.82, 2.24) is 9.55 Å². The van der Waals surface area contributed by atoms with Gasteiger partial charge in [-0.25, -0.2) is 4.79 Å². The van der Waals surface area contributed by atoms with Crippen LogP contribution in [0.15, 0.2) is 64.2 Å². The molecule has 5 heteroatoms. The second-order valence-corrected chi connectivity index (χ2v) is 7.48. The Kier molecular flexibility index (Phi) is 6.17. The number of aromatic nitrogens is 2. The Morgan fingerprint density at radius 3 is 2.31 bits per heavy atom. The van der Waals surface area contributed by atoms with Gasteiger partial charge in [0.1, 0.15) is 5.75 Å². The Labute approximate surface area is 170 Å². The summed E-state index contributed by atoms with van der Waals surface area (Å²) in [5, 5.41) is 0. The highest BCUT2D eigenvalue weighted by atomic mass is 16.5. The van der Waals surface area contributed by atoms with Crippen LogP contribution in [-0.4, -0.2) is 9.55 Å². The molecule has 0 aliphatic carbocycles. The van der Waals surface area contributed by atoms with Crippen LogP contribution in [0.2, 0.25) is 0 Å². The van der Waals surface area contributed by atoms with E-state index in [-0.39, 0.29) is 18.3 Å². The molecule has 0 bridgehead atoms. The molecule has 5 nitrogen and oxygen atoms in total. The standard InChI is InChI=1S/C24H26N2O3/c1-16(2)21-22(27)25-24(28)26(12-8-11-19-9-6-5-7-10-19)23(21)29-20-14-17(3)13-18(4)15-20/h5-11,13-16H,12H2,1-4H3,(H,25,27,28). The van der Waals surface area contributed by atoms with Gasteiger partial charge in [0.25, 0.3) is 5.56 Å². The van der Waals surface area contributed by atoms with E-state index < -0.39 is 11.2 Å². The van der Waals surface area contributed by atoms with Crippen LogP contribution < -0.4 is 16.0 Å². The molecule has 0 fully saturated rings. The highest BCUT2D eigenvalue weighted by Crippen LogP contribution is 2.28. The molecule has 0 aliphatic rings. The highest BCUT2D eigenvalue weighted by Gasteiger charge is 2.19. The van der Waals surface area contributed by atoms with Crippen LogP contribution in [-0.2, 0) is 6.54 Å². The molecule has 150 valence electrons. The number of H-pyrrole nitrogens is 1. The van der Waals surface area contributed by atoms with Crippen molar-refractivity contribution in [2.75, 3.05) is 0 Å². The van der Waals surface area contributed by atoms with Gasteiger partial charge >= 0.3 is 5.69 Å². The summed E-state index contributed by atoms with van der Waals surface area (Å²) in [4.78, 5) is 27.5. The number of aromatic amines is 1. The lowest BCUT2D eigenvalue weighted by atomic mass is 10.1. The van der Waals surface area contributed by atoms with Crippen molar-refractivity contribution >= 4 is 6.08 Å². The van der Waals surface area contributed by atoms with Crippen LogP contribution in [0.3, 0.4) is 0 Å². The fraction of sp³-hybridized carbons (Fsp3) is 0.250. The van der Waals surface area contributed by atoms with Crippen molar-refractivity contribution in [3.05, 3.63) is 97.7 Å². The molecule has 3 rings (SSSR count). The van der Waals surface area contributed by atoms with Crippen LogP contribution in [0.5, 0.6) is 11.6 Å². The van der Waals surface area contributed by atoms with E-state index in [4.69, 9.17) is 4.74 Å². The summed E-state index contributed by atoms with van der Waals surface area (Å²) >= 11 is 0. The Morgan fingerprint density at radius 1 is 1.03 bits per heavy atom. The van der Waals surface area contributed by atoms with E-state index in [0.29, 0.717) is 11.3 Å². The van der Waals surface area contributed by atoms with Crippen LogP contribution in [0.25, 0.3) is 6.08 Å². The maximum atomic E-state index is 12.6. The van der Waals surface area contributed by atoms with Gasteiger partial charge in [0, 0.05) is 6.54 Å². The lowest BCUT2D eigenvalue weighted by molar-refractivity contribution is 0.411. The topological polar surface area (TPSA) is 64.1 Å². The summed E-state index contributed by atoms with van der Waals surface area (Å²) in [6.07, 6.45) is 3.82. The minimum Gasteiger partial charge on any atom is -0.440 e. The first kappa shape index (κ1) is 20.4. The Morgan fingerprint density at radius 2 is 1.69 bits per heavy atom. The molecule has 0 atom stereocenters. The van der Waals surface area contributed by atoms with Gasteiger partial charge in [-0.3, -0.25) is 14.3 Å². The number of rotatable bonds is 6. The van der Waals surface area contributed by atoms with E-state index in [9.17, 15) is 9.59 Å². The fourth-order valence-electron chi connectivity index (χ4n) is 3.31. The zero-order chi connectivity index (χ0) is 21.0. The van der Waals surface area contributed by atoms with E-state index in [1.54, 1.807) is 0 Å². The molecule has 0 amide bonds. The number of benzene rings is 2. The summed E-state index contributed by atoms with van der Waals surface area (Å²) < 4.78 is 7.60. The van der Waals surface area contributed by atoms with Gasteiger partial charge in [0.2, 0.25) is 5.88 Å². The molecule has 3 aromatic rings. The quantitative estimate of drug-likeness (QED) is 0.659. The summed E-state index contributed by atoms with van der Waals surface area (Å²) in [5.74, 6) is 0.788. The fourth-order valence-corrected chi connectivity index (χ4v) is 3.31. The van der Waals surface area contributed by atoms with Crippen molar-refractivity contribution in [3.8, 4) is 11.6 Å². The molecular formula is C24H26N2O3. The number of nitrogens with one attached hydrogen (secondary N) is 1. The Hall–Kier alpha value is -3.34. The van der Waals surface area contributed by atoms with Crippen molar-refractivity contribution in [2.45, 2.75) is 40.2 Å². The number of hydrogen-bond acceptors (Lipinski definition) is 3. The van der Waals surface area contributed by atoms with E-state index in [1.165, 1.54) is 4.57 Å². The normalized spacial score (nSPS) is 11.3. The summed E-state index contributed by atoms with van der Waals surface area (Å²) in [5.41, 5.74) is 2.69. The first-order valence-electron chi connectivity index (χ1n) is 9.70. The molecule has 1 N–H and O–H groups in total. The average Bonchev–Trinajstić information content (AvgIpc) is 2.63. The van der Waals surface area contributed by atoms with Gasteiger partial charge in [0.15, 0.2) is 0 Å². The molecule has 0 radical (unpaired) electrons. The minimum absolute atomic E-state index is 0.107. The molecule has 1 heterocycles. The first-order chi connectivity index (χ1) is 13.8. The lowest BCUT2D eigenvalue weighted by Crippen LogP contribution is -2.33. The first-order valence-corrected chi connectivity index (χ1v) is 9.70. The zero-order valence-corrected chi connectivity index (χ0v) is 17.2. The zero-order valence-electron chi connectivity index (χ0n) is 17.2. The number of allylic oxidation sites excluding steroid dienone is 1. The second-order valence-electron chi connectivity index (χ2n) is 7.48. The molecule has 0 saturated carbocycles. The summed E-state index contributed by atoms with van der Waals surface area (Å²) in [6, 6.07) is 15.7. The van der Waals surface area contributed by atoms with Crippen molar-refractivity contribution in [1.29, 1.82) is 0 Å². The largest absolute Gasteiger partial charge is 0.440 e. The minimum atomic E-state index is -0.489. The van der Waals surface area contributed by atoms with Crippen LogP contribution >= 0.6 is 0 Å². The second kappa shape index (κ2) is 8.78. The molecule has 0 spiro atoms.